The highest BCUT2D eigenvalue weighted by Crippen LogP contribution is 2.24. The lowest BCUT2D eigenvalue weighted by Crippen LogP contribution is -2.38. The third-order valence-electron chi connectivity index (χ3n) is 4.81. The zero-order chi connectivity index (χ0) is 14.7. The summed E-state index contributed by atoms with van der Waals surface area (Å²) in [5.74, 6) is 1.90. The summed E-state index contributed by atoms with van der Waals surface area (Å²) in [6.07, 6.45) is 6.98. The molecule has 21 heavy (non-hydrogen) atoms. The number of nitrogens with zero attached hydrogens (tertiary/aromatic N) is 3. The summed E-state index contributed by atoms with van der Waals surface area (Å²) in [6, 6.07) is 3.73. The minimum Gasteiger partial charge on any atom is -0.357 e. The highest BCUT2D eigenvalue weighted by molar-refractivity contribution is 5.94. The standard InChI is InChI=1S/C17H25N3O/c1-14(21)16-4-7-18-17(12-16)20-10-5-15(6-11-20)13-19-8-2-3-9-19/h4,7,12,15H,2-3,5-6,8-11,13H2,1H3. The summed E-state index contributed by atoms with van der Waals surface area (Å²) in [7, 11) is 0. The third kappa shape index (κ3) is 3.62. The Morgan fingerprint density at radius 2 is 1.95 bits per heavy atom. The average molecular weight is 287 g/mol. The van der Waals surface area contributed by atoms with Crippen LogP contribution in [0.4, 0.5) is 5.82 Å². The lowest BCUT2D eigenvalue weighted by Gasteiger charge is -2.34. The Balaban J connectivity index is 1.55. The topological polar surface area (TPSA) is 36.4 Å². The Hall–Kier alpha value is -1.42. The summed E-state index contributed by atoms with van der Waals surface area (Å²) in [6.45, 7) is 7.60. The van der Waals surface area contributed by atoms with Crippen LogP contribution >= 0.6 is 0 Å². The molecule has 0 spiro atoms. The molecule has 2 saturated heterocycles. The fourth-order valence-electron chi connectivity index (χ4n) is 3.49. The van der Waals surface area contributed by atoms with Gasteiger partial charge >= 0.3 is 0 Å². The van der Waals surface area contributed by atoms with E-state index in [4.69, 9.17) is 0 Å². The first-order chi connectivity index (χ1) is 10.2. The molecule has 0 saturated carbocycles. The molecule has 4 nitrogen and oxygen atoms in total. The predicted octanol–water partition coefficient (Wildman–Crippen LogP) is 2.60. The van der Waals surface area contributed by atoms with Crippen molar-refractivity contribution in [3.63, 3.8) is 0 Å². The lowest BCUT2D eigenvalue weighted by molar-refractivity contribution is 0.101. The molecule has 0 unspecified atom stereocenters. The smallest absolute Gasteiger partial charge is 0.159 e. The van der Waals surface area contributed by atoms with Gasteiger partial charge in [0.25, 0.3) is 0 Å². The van der Waals surface area contributed by atoms with Crippen molar-refractivity contribution in [2.45, 2.75) is 32.6 Å². The average Bonchev–Trinajstić information content (AvgIpc) is 3.01. The van der Waals surface area contributed by atoms with Crippen molar-refractivity contribution in [3.05, 3.63) is 23.9 Å². The fraction of sp³-hybridized carbons (Fsp3) is 0.647. The van der Waals surface area contributed by atoms with E-state index in [0.29, 0.717) is 0 Å². The molecule has 0 atom stereocenters. The van der Waals surface area contributed by atoms with Gasteiger partial charge in [0.2, 0.25) is 0 Å². The molecule has 2 aliphatic rings. The number of aromatic nitrogens is 1. The van der Waals surface area contributed by atoms with Crippen molar-refractivity contribution in [3.8, 4) is 0 Å². The van der Waals surface area contributed by atoms with Crippen LogP contribution in [0.3, 0.4) is 0 Å². The molecule has 0 aliphatic carbocycles. The molecule has 1 aromatic rings. The molecule has 0 N–H and O–H groups in total. The Labute approximate surface area is 127 Å². The summed E-state index contributed by atoms with van der Waals surface area (Å²) >= 11 is 0. The molecular weight excluding hydrogens is 262 g/mol. The normalized spacial score (nSPS) is 20.9. The van der Waals surface area contributed by atoms with Gasteiger partial charge in [0.1, 0.15) is 5.82 Å². The van der Waals surface area contributed by atoms with Gasteiger partial charge in [-0.15, -0.1) is 0 Å². The summed E-state index contributed by atoms with van der Waals surface area (Å²) in [5.41, 5.74) is 0.763. The number of Topliss-reactive ketones (excluding diaryl/α,β-unsaturated/α-hetero) is 1. The van der Waals surface area contributed by atoms with Crippen LogP contribution in [0.25, 0.3) is 0 Å². The minimum absolute atomic E-state index is 0.113. The highest BCUT2D eigenvalue weighted by Gasteiger charge is 2.23. The molecule has 3 rings (SSSR count). The number of hydrogen-bond donors (Lipinski definition) is 0. The number of carbonyl (C=O) groups is 1. The van der Waals surface area contributed by atoms with Crippen molar-refractivity contribution >= 4 is 11.6 Å². The molecule has 4 heteroatoms. The number of hydrogen-bond acceptors (Lipinski definition) is 4. The number of likely N-dealkylation sites (tertiary alicyclic amines) is 1. The van der Waals surface area contributed by atoms with Gasteiger partial charge in [-0.3, -0.25) is 4.79 Å². The summed E-state index contributed by atoms with van der Waals surface area (Å²) < 4.78 is 0. The molecule has 2 aliphatic heterocycles. The summed E-state index contributed by atoms with van der Waals surface area (Å²) in [5, 5.41) is 0. The van der Waals surface area contributed by atoms with Crippen molar-refractivity contribution in [2.75, 3.05) is 37.6 Å². The fourth-order valence-corrected chi connectivity index (χ4v) is 3.49. The summed E-state index contributed by atoms with van der Waals surface area (Å²) in [4.78, 5) is 20.9. The van der Waals surface area contributed by atoms with Gasteiger partial charge in [0.05, 0.1) is 0 Å². The van der Waals surface area contributed by atoms with Gasteiger partial charge in [-0.05, 0) is 63.7 Å². The molecule has 114 valence electrons. The highest BCUT2D eigenvalue weighted by atomic mass is 16.1. The van der Waals surface area contributed by atoms with E-state index in [-0.39, 0.29) is 5.78 Å². The Bertz CT molecular complexity index is 489. The van der Waals surface area contributed by atoms with Crippen molar-refractivity contribution in [1.29, 1.82) is 0 Å². The largest absolute Gasteiger partial charge is 0.357 e. The van der Waals surface area contributed by atoms with Gasteiger partial charge in [-0.2, -0.15) is 0 Å². The van der Waals surface area contributed by atoms with Crippen LogP contribution in [-0.4, -0.2) is 48.4 Å². The van der Waals surface area contributed by atoms with Crippen molar-refractivity contribution in [2.24, 2.45) is 5.92 Å². The molecule has 0 aromatic carbocycles. The molecular formula is C17H25N3O. The SMILES string of the molecule is CC(=O)c1ccnc(N2CCC(CN3CCCC3)CC2)c1. The van der Waals surface area contributed by atoms with E-state index in [9.17, 15) is 4.79 Å². The first-order valence-corrected chi connectivity index (χ1v) is 8.16. The number of anilines is 1. The second kappa shape index (κ2) is 6.56. The Morgan fingerprint density at radius 3 is 2.62 bits per heavy atom. The maximum Gasteiger partial charge on any atom is 0.159 e. The molecule has 0 radical (unpaired) electrons. The third-order valence-corrected chi connectivity index (χ3v) is 4.81. The Morgan fingerprint density at radius 1 is 1.24 bits per heavy atom. The maximum atomic E-state index is 11.5. The van der Waals surface area contributed by atoms with Crippen LogP contribution in [0.2, 0.25) is 0 Å². The zero-order valence-corrected chi connectivity index (χ0v) is 12.9. The second-order valence-electron chi connectivity index (χ2n) is 6.40. The van der Waals surface area contributed by atoms with Gasteiger partial charge in [-0.1, -0.05) is 0 Å². The van der Waals surface area contributed by atoms with Crippen LogP contribution in [0.1, 0.15) is 43.0 Å². The van der Waals surface area contributed by atoms with Crippen LogP contribution < -0.4 is 4.90 Å². The van der Waals surface area contributed by atoms with Crippen molar-refractivity contribution < 1.29 is 4.79 Å². The maximum absolute atomic E-state index is 11.5. The van der Waals surface area contributed by atoms with E-state index in [1.54, 1.807) is 19.2 Å². The molecule has 1 aromatic heterocycles. The number of carbonyl (C=O) groups excluding carboxylic acids is 1. The van der Waals surface area contributed by atoms with E-state index < -0.39 is 0 Å². The van der Waals surface area contributed by atoms with E-state index in [1.807, 2.05) is 6.07 Å². The predicted molar refractivity (Wildman–Crippen MR) is 84.9 cm³/mol. The van der Waals surface area contributed by atoms with E-state index in [2.05, 4.69) is 14.8 Å². The van der Waals surface area contributed by atoms with Crippen LogP contribution in [-0.2, 0) is 0 Å². The van der Waals surface area contributed by atoms with Crippen LogP contribution in [0, 0.1) is 5.92 Å². The number of ketones is 1. The van der Waals surface area contributed by atoms with E-state index >= 15 is 0 Å². The minimum atomic E-state index is 0.113. The number of pyridine rings is 1. The van der Waals surface area contributed by atoms with Gasteiger partial charge in [-0.25, -0.2) is 4.98 Å². The van der Waals surface area contributed by atoms with Gasteiger partial charge < -0.3 is 9.80 Å². The molecule has 3 heterocycles. The Kier molecular flexibility index (Phi) is 4.54. The quantitative estimate of drug-likeness (QED) is 0.798. The molecule has 2 fully saturated rings. The van der Waals surface area contributed by atoms with Gasteiger partial charge in [0.15, 0.2) is 5.78 Å². The molecule has 0 bridgehead atoms. The lowest BCUT2D eigenvalue weighted by atomic mass is 9.96. The molecule has 0 amide bonds. The van der Waals surface area contributed by atoms with E-state index in [0.717, 1.165) is 30.4 Å². The van der Waals surface area contributed by atoms with Crippen molar-refractivity contribution in [1.82, 2.24) is 9.88 Å². The first-order valence-electron chi connectivity index (χ1n) is 8.16. The number of rotatable bonds is 4. The van der Waals surface area contributed by atoms with Crippen LogP contribution in [0.5, 0.6) is 0 Å². The zero-order valence-electron chi connectivity index (χ0n) is 12.9. The van der Waals surface area contributed by atoms with E-state index in [1.165, 1.54) is 45.3 Å². The monoisotopic (exact) mass is 287 g/mol. The first kappa shape index (κ1) is 14.5. The second-order valence-corrected chi connectivity index (χ2v) is 6.40. The van der Waals surface area contributed by atoms with Gasteiger partial charge in [0, 0.05) is 31.4 Å². The van der Waals surface area contributed by atoms with Crippen LogP contribution in [0.15, 0.2) is 18.3 Å². The number of piperidine rings is 1.